The summed E-state index contributed by atoms with van der Waals surface area (Å²) in [6.45, 7) is 3.99. The number of aryl methyl sites for hydroxylation is 1. The topological polar surface area (TPSA) is 76.8 Å². The highest BCUT2D eigenvalue weighted by atomic mass is 32.1. The lowest BCUT2D eigenvalue weighted by Gasteiger charge is -2.16. The number of likely N-dealkylation sites (N-methyl/N-ethyl adjacent to an activating group) is 1. The van der Waals surface area contributed by atoms with Crippen LogP contribution >= 0.6 is 11.3 Å². The van der Waals surface area contributed by atoms with Crippen molar-refractivity contribution in [2.45, 2.75) is 20.4 Å². The fourth-order valence-corrected chi connectivity index (χ4v) is 3.86. The lowest BCUT2D eigenvalue weighted by atomic mass is 10.1. The van der Waals surface area contributed by atoms with Crippen molar-refractivity contribution in [3.63, 3.8) is 0 Å². The second-order valence-electron chi connectivity index (χ2n) is 6.21. The molecule has 7 nitrogen and oxygen atoms in total. The van der Waals surface area contributed by atoms with Crippen molar-refractivity contribution in [2.24, 2.45) is 0 Å². The number of fused-ring (bicyclic) bond motifs is 1. The maximum atomic E-state index is 13.4. The molecule has 0 aliphatic heterocycles. The molecule has 0 aliphatic carbocycles. The number of rotatable bonds is 5. The summed E-state index contributed by atoms with van der Waals surface area (Å²) in [5.41, 5.74) is 2.01. The van der Waals surface area contributed by atoms with Gasteiger partial charge in [0.2, 0.25) is 5.82 Å². The van der Waals surface area contributed by atoms with Crippen LogP contribution in [-0.2, 0) is 11.3 Å². The van der Waals surface area contributed by atoms with Crippen molar-refractivity contribution in [1.82, 2.24) is 25.2 Å². The van der Waals surface area contributed by atoms with Gasteiger partial charge in [-0.3, -0.25) is 9.69 Å². The largest absolute Gasteiger partial charge is 0.287 e. The molecule has 2 aromatic carbocycles. The van der Waals surface area contributed by atoms with E-state index in [1.165, 1.54) is 22.2 Å². The Morgan fingerprint density at radius 1 is 1.25 bits per heavy atom. The summed E-state index contributed by atoms with van der Waals surface area (Å²) in [5.74, 6) is -0.125. The number of hydrogen-bond acceptors (Lipinski definition) is 6. The van der Waals surface area contributed by atoms with Gasteiger partial charge in [0.15, 0.2) is 5.13 Å². The maximum absolute atomic E-state index is 13.4. The Balaban J connectivity index is 1.53. The summed E-state index contributed by atoms with van der Waals surface area (Å²) in [6.07, 6.45) is 0. The Hall–Kier alpha value is -3.20. The number of nitrogens with zero attached hydrogens (tertiary/aromatic N) is 6. The third kappa shape index (κ3) is 3.48. The second kappa shape index (κ2) is 7.43. The van der Waals surface area contributed by atoms with Crippen LogP contribution in [-0.4, -0.2) is 37.6 Å². The van der Waals surface area contributed by atoms with Crippen LogP contribution in [0.4, 0.5) is 9.52 Å². The molecule has 0 bridgehead atoms. The van der Waals surface area contributed by atoms with Crippen molar-refractivity contribution >= 4 is 32.6 Å². The number of para-hydroxylation sites is 1. The van der Waals surface area contributed by atoms with E-state index in [0.717, 1.165) is 10.2 Å². The van der Waals surface area contributed by atoms with Crippen LogP contribution in [0.2, 0.25) is 0 Å². The first kappa shape index (κ1) is 18.2. The average molecular weight is 396 g/mol. The van der Waals surface area contributed by atoms with Crippen molar-refractivity contribution in [2.75, 3.05) is 11.4 Å². The molecular weight excluding hydrogens is 379 g/mol. The first-order valence-electron chi connectivity index (χ1n) is 8.75. The highest BCUT2D eigenvalue weighted by molar-refractivity contribution is 7.22. The first-order chi connectivity index (χ1) is 13.5. The van der Waals surface area contributed by atoms with Crippen molar-refractivity contribution in [3.05, 3.63) is 53.8 Å². The molecular formula is C19H17FN6OS. The zero-order chi connectivity index (χ0) is 19.7. The number of tetrazole rings is 1. The summed E-state index contributed by atoms with van der Waals surface area (Å²) in [4.78, 5) is 20.2. The fraction of sp³-hybridized carbons (Fsp3) is 0.211. The van der Waals surface area contributed by atoms with Crippen LogP contribution in [0.1, 0.15) is 12.5 Å². The molecule has 0 atom stereocenters. The molecule has 0 saturated carbocycles. The summed E-state index contributed by atoms with van der Waals surface area (Å²) in [7, 11) is 0. The molecule has 0 spiro atoms. The minimum Gasteiger partial charge on any atom is -0.287 e. The van der Waals surface area contributed by atoms with Gasteiger partial charge in [-0.15, -0.1) is 10.2 Å². The standard InChI is InChI=1S/C19H17FN6OS/c1-3-25(19-21-15-6-4-5-7-16(15)28-19)17(27)11-26-23-18(22-24-26)13-8-9-14(20)12(2)10-13/h4-10H,3,11H2,1-2H3. The third-order valence-corrected chi connectivity index (χ3v) is 5.34. The molecule has 2 aromatic heterocycles. The zero-order valence-corrected chi connectivity index (χ0v) is 16.1. The molecule has 0 unspecified atom stereocenters. The number of benzene rings is 2. The second-order valence-corrected chi connectivity index (χ2v) is 7.22. The normalized spacial score (nSPS) is 11.1. The van der Waals surface area contributed by atoms with Gasteiger partial charge in [0.25, 0.3) is 5.91 Å². The van der Waals surface area contributed by atoms with Gasteiger partial charge in [-0.05, 0) is 55.0 Å². The molecule has 28 heavy (non-hydrogen) atoms. The SMILES string of the molecule is CCN(C(=O)Cn1nnc(-c2ccc(F)c(C)c2)n1)c1nc2ccccc2s1. The molecule has 9 heteroatoms. The minimum absolute atomic E-state index is 0.0586. The minimum atomic E-state index is -0.291. The summed E-state index contributed by atoms with van der Waals surface area (Å²) < 4.78 is 14.5. The van der Waals surface area contributed by atoms with Gasteiger partial charge in [-0.1, -0.05) is 23.5 Å². The molecule has 4 aromatic rings. The number of halogens is 1. The first-order valence-corrected chi connectivity index (χ1v) is 9.57. The summed E-state index contributed by atoms with van der Waals surface area (Å²) in [5, 5.41) is 12.8. The van der Waals surface area contributed by atoms with E-state index in [-0.39, 0.29) is 18.3 Å². The van der Waals surface area contributed by atoms with E-state index in [2.05, 4.69) is 20.4 Å². The Kier molecular flexibility index (Phi) is 4.82. The van der Waals surface area contributed by atoms with E-state index in [4.69, 9.17) is 0 Å². The van der Waals surface area contributed by atoms with Gasteiger partial charge >= 0.3 is 0 Å². The van der Waals surface area contributed by atoms with Crippen LogP contribution in [0.5, 0.6) is 0 Å². The number of hydrogen-bond donors (Lipinski definition) is 0. The van der Waals surface area contributed by atoms with Gasteiger partial charge in [0.05, 0.1) is 10.2 Å². The van der Waals surface area contributed by atoms with Crippen molar-refractivity contribution < 1.29 is 9.18 Å². The fourth-order valence-electron chi connectivity index (χ4n) is 2.81. The van der Waals surface area contributed by atoms with Crippen LogP contribution in [0.15, 0.2) is 42.5 Å². The molecule has 142 valence electrons. The number of aromatic nitrogens is 5. The highest BCUT2D eigenvalue weighted by Gasteiger charge is 2.20. The van der Waals surface area contributed by atoms with Gasteiger partial charge in [0.1, 0.15) is 12.4 Å². The molecule has 2 heterocycles. The van der Waals surface area contributed by atoms with Crippen LogP contribution in [0, 0.1) is 12.7 Å². The number of carbonyl (C=O) groups is 1. The van der Waals surface area contributed by atoms with Gasteiger partial charge in [-0.2, -0.15) is 4.80 Å². The summed E-state index contributed by atoms with van der Waals surface area (Å²) >= 11 is 1.47. The molecule has 4 rings (SSSR count). The Bertz CT molecular complexity index is 1120. The Morgan fingerprint density at radius 2 is 2.07 bits per heavy atom. The van der Waals surface area contributed by atoms with Crippen molar-refractivity contribution in [1.29, 1.82) is 0 Å². The lowest BCUT2D eigenvalue weighted by molar-refractivity contribution is -0.119. The lowest BCUT2D eigenvalue weighted by Crippen LogP contribution is -2.34. The summed E-state index contributed by atoms with van der Waals surface area (Å²) in [6, 6.07) is 12.4. The van der Waals surface area contributed by atoms with Crippen molar-refractivity contribution in [3.8, 4) is 11.4 Å². The number of anilines is 1. The van der Waals surface area contributed by atoms with E-state index in [1.54, 1.807) is 24.0 Å². The molecule has 0 N–H and O–H groups in total. The zero-order valence-electron chi connectivity index (χ0n) is 15.3. The molecule has 0 aliphatic rings. The maximum Gasteiger partial charge on any atom is 0.252 e. The predicted molar refractivity (Wildman–Crippen MR) is 106 cm³/mol. The van der Waals surface area contributed by atoms with Gasteiger partial charge < -0.3 is 0 Å². The smallest absolute Gasteiger partial charge is 0.252 e. The predicted octanol–water partition coefficient (Wildman–Crippen LogP) is 3.45. The van der Waals surface area contributed by atoms with E-state index in [1.807, 2.05) is 31.2 Å². The highest BCUT2D eigenvalue weighted by Crippen LogP contribution is 2.28. The number of thiazole rings is 1. The van der Waals surface area contributed by atoms with E-state index >= 15 is 0 Å². The molecule has 0 radical (unpaired) electrons. The third-order valence-electron chi connectivity index (χ3n) is 4.28. The van der Waals surface area contributed by atoms with E-state index < -0.39 is 0 Å². The molecule has 1 amide bonds. The Labute approximate surface area is 164 Å². The monoisotopic (exact) mass is 396 g/mol. The number of carbonyl (C=O) groups excluding carboxylic acids is 1. The van der Waals surface area contributed by atoms with Crippen LogP contribution in [0.3, 0.4) is 0 Å². The molecule has 0 saturated heterocycles. The van der Waals surface area contributed by atoms with Gasteiger partial charge in [0, 0.05) is 12.1 Å². The van der Waals surface area contributed by atoms with Crippen LogP contribution in [0.25, 0.3) is 21.6 Å². The molecule has 0 fully saturated rings. The number of amides is 1. The average Bonchev–Trinajstić information content (AvgIpc) is 3.31. The van der Waals surface area contributed by atoms with E-state index in [9.17, 15) is 9.18 Å². The van der Waals surface area contributed by atoms with E-state index in [0.29, 0.717) is 28.6 Å². The Morgan fingerprint density at radius 3 is 2.82 bits per heavy atom. The van der Waals surface area contributed by atoms with Gasteiger partial charge in [-0.25, -0.2) is 9.37 Å². The quantitative estimate of drug-likeness (QED) is 0.516. The van der Waals surface area contributed by atoms with Crippen LogP contribution < -0.4 is 4.90 Å².